The van der Waals surface area contributed by atoms with Gasteiger partial charge < -0.3 is 10.2 Å². The topological polar surface area (TPSA) is 49.4 Å². The minimum absolute atomic E-state index is 0.141. The van der Waals surface area contributed by atoms with Gasteiger partial charge >= 0.3 is 0 Å². The monoisotopic (exact) mass is 478 g/mol. The lowest BCUT2D eigenvalue weighted by Gasteiger charge is -2.31. The van der Waals surface area contributed by atoms with Crippen molar-refractivity contribution in [2.75, 3.05) is 12.3 Å². The van der Waals surface area contributed by atoms with Gasteiger partial charge in [0.25, 0.3) is 0 Å². The molecule has 3 rings (SSSR count). The van der Waals surface area contributed by atoms with Gasteiger partial charge in [0.1, 0.15) is 11.9 Å². The third-order valence-corrected chi connectivity index (χ3v) is 6.42. The quantitative estimate of drug-likeness (QED) is 0.388. The van der Waals surface area contributed by atoms with E-state index in [1.54, 1.807) is 23.1 Å². The first-order valence-corrected chi connectivity index (χ1v) is 12.7. The molecule has 3 aromatic carbocycles. The number of carbonyl (C=O) groups is 2. The molecule has 0 aromatic heterocycles. The minimum Gasteiger partial charge on any atom is -0.354 e. The molecule has 0 radical (unpaired) electrons. The van der Waals surface area contributed by atoms with E-state index in [1.807, 2.05) is 67.6 Å². The van der Waals surface area contributed by atoms with Crippen LogP contribution in [0.5, 0.6) is 0 Å². The second kappa shape index (κ2) is 13.6. The van der Waals surface area contributed by atoms with Crippen molar-refractivity contribution in [3.8, 4) is 0 Å². The average molecular weight is 479 g/mol. The first-order valence-electron chi connectivity index (χ1n) is 11.5. The number of rotatable bonds is 12. The molecule has 0 aliphatic carbocycles. The normalized spacial score (nSPS) is 11.6. The highest BCUT2D eigenvalue weighted by atomic mass is 32.2. The van der Waals surface area contributed by atoms with Crippen molar-refractivity contribution in [1.29, 1.82) is 0 Å². The number of hydrogen-bond donors (Lipinski definition) is 1. The number of nitrogens with one attached hydrogen (secondary N) is 1. The van der Waals surface area contributed by atoms with Crippen molar-refractivity contribution in [2.45, 2.75) is 38.1 Å². The SMILES string of the molecule is CCCNC(=O)[C@H](Cc1ccccc1)N(Cc1ccccc1)C(=O)CSCc1ccccc1F. The molecular weight excluding hydrogens is 447 g/mol. The van der Waals surface area contributed by atoms with Gasteiger partial charge in [0.05, 0.1) is 5.75 Å². The van der Waals surface area contributed by atoms with E-state index in [-0.39, 0.29) is 23.4 Å². The lowest BCUT2D eigenvalue weighted by Crippen LogP contribution is -2.51. The van der Waals surface area contributed by atoms with E-state index in [0.29, 0.717) is 30.8 Å². The van der Waals surface area contributed by atoms with E-state index in [2.05, 4.69) is 5.32 Å². The van der Waals surface area contributed by atoms with E-state index in [1.165, 1.54) is 17.8 Å². The second-order valence-corrected chi connectivity index (χ2v) is 9.07. The van der Waals surface area contributed by atoms with Gasteiger partial charge in [-0.15, -0.1) is 11.8 Å². The van der Waals surface area contributed by atoms with Crippen LogP contribution in [0.2, 0.25) is 0 Å². The Kier molecular flexibility index (Phi) is 10.2. The smallest absolute Gasteiger partial charge is 0.243 e. The molecule has 0 unspecified atom stereocenters. The molecule has 0 aliphatic rings. The zero-order valence-electron chi connectivity index (χ0n) is 19.5. The van der Waals surface area contributed by atoms with Crippen molar-refractivity contribution in [3.05, 3.63) is 107 Å². The maximum Gasteiger partial charge on any atom is 0.243 e. The first kappa shape index (κ1) is 25.5. The zero-order valence-corrected chi connectivity index (χ0v) is 20.3. The predicted octanol–water partition coefficient (Wildman–Crippen LogP) is 5.23. The fourth-order valence-corrected chi connectivity index (χ4v) is 4.54. The highest BCUT2D eigenvalue weighted by molar-refractivity contribution is 7.99. The van der Waals surface area contributed by atoms with Gasteiger partial charge in [-0.1, -0.05) is 85.8 Å². The van der Waals surface area contributed by atoms with Gasteiger partial charge in [0.2, 0.25) is 11.8 Å². The van der Waals surface area contributed by atoms with Crippen LogP contribution >= 0.6 is 11.8 Å². The summed E-state index contributed by atoms with van der Waals surface area (Å²) in [6.45, 7) is 2.88. The Labute approximate surface area is 205 Å². The number of hydrogen-bond acceptors (Lipinski definition) is 3. The largest absolute Gasteiger partial charge is 0.354 e. The Bertz CT molecular complexity index is 1050. The number of halogens is 1. The fraction of sp³-hybridized carbons (Fsp3) is 0.286. The van der Waals surface area contributed by atoms with Crippen molar-refractivity contribution < 1.29 is 14.0 Å². The molecule has 0 aliphatic heterocycles. The molecule has 178 valence electrons. The van der Waals surface area contributed by atoms with Crippen LogP contribution in [0.3, 0.4) is 0 Å². The van der Waals surface area contributed by atoms with Gasteiger partial charge in [0.15, 0.2) is 0 Å². The number of amides is 2. The summed E-state index contributed by atoms with van der Waals surface area (Å²) in [6, 6.07) is 25.4. The van der Waals surface area contributed by atoms with Crippen LogP contribution in [0.4, 0.5) is 4.39 Å². The second-order valence-electron chi connectivity index (χ2n) is 8.09. The van der Waals surface area contributed by atoms with Gasteiger partial charge in [-0.05, 0) is 29.2 Å². The van der Waals surface area contributed by atoms with Crippen molar-refractivity contribution >= 4 is 23.6 Å². The molecule has 1 atom stereocenters. The molecule has 1 N–H and O–H groups in total. The summed E-state index contributed by atoms with van der Waals surface area (Å²) in [7, 11) is 0. The van der Waals surface area contributed by atoms with Crippen molar-refractivity contribution in [2.24, 2.45) is 0 Å². The molecule has 0 saturated heterocycles. The van der Waals surface area contributed by atoms with E-state index in [9.17, 15) is 14.0 Å². The summed E-state index contributed by atoms with van der Waals surface area (Å²) < 4.78 is 14.0. The standard InChI is InChI=1S/C28H31FN2O2S/c1-2-17-30-28(33)26(18-22-11-5-3-6-12-22)31(19-23-13-7-4-8-14-23)27(32)21-34-20-24-15-9-10-16-25(24)29/h3-16,26H,2,17-21H2,1H3,(H,30,33)/t26-/m0/s1. The summed E-state index contributed by atoms with van der Waals surface area (Å²) in [5.41, 5.74) is 2.51. The summed E-state index contributed by atoms with van der Waals surface area (Å²) in [6.07, 6.45) is 1.24. The predicted molar refractivity (Wildman–Crippen MR) is 137 cm³/mol. The highest BCUT2D eigenvalue weighted by Crippen LogP contribution is 2.19. The Morgan fingerprint density at radius 1 is 0.912 bits per heavy atom. The Balaban J connectivity index is 1.81. The number of benzene rings is 3. The summed E-state index contributed by atoms with van der Waals surface area (Å²) >= 11 is 1.36. The minimum atomic E-state index is -0.643. The average Bonchev–Trinajstić information content (AvgIpc) is 2.87. The van der Waals surface area contributed by atoms with Gasteiger partial charge in [0, 0.05) is 25.3 Å². The van der Waals surface area contributed by atoms with E-state index in [0.717, 1.165) is 17.5 Å². The van der Waals surface area contributed by atoms with Gasteiger partial charge in [-0.3, -0.25) is 9.59 Å². The Morgan fingerprint density at radius 3 is 2.18 bits per heavy atom. The molecule has 0 saturated carbocycles. The fourth-order valence-electron chi connectivity index (χ4n) is 3.65. The van der Waals surface area contributed by atoms with Crippen LogP contribution < -0.4 is 5.32 Å². The van der Waals surface area contributed by atoms with Crippen LogP contribution in [0.1, 0.15) is 30.0 Å². The number of thioether (sulfide) groups is 1. The third-order valence-electron chi connectivity index (χ3n) is 5.46. The highest BCUT2D eigenvalue weighted by Gasteiger charge is 2.30. The molecule has 34 heavy (non-hydrogen) atoms. The molecule has 0 heterocycles. The molecule has 2 amide bonds. The molecule has 0 bridgehead atoms. The number of carbonyl (C=O) groups excluding carboxylic acids is 2. The van der Waals surface area contributed by atoms with E-state index in [4.69, 9.17) is 0 Å². The maximum atomic E-state index is 14.0. The first-order chi connectivity index (χ1) is 16.6. The lowest BCUT2D eigenvalue weighted by atomic mass is 10.0. The zero-order chi connectivity index (χ0) is 24.2. The molecular formula is C28H31FN2O2S. The van der Waals surface area contributed by atoms with E-state index >= 15 is 0 Å². The summed E-state index contributed by atoms with van der Waals surface area (Å²) in [5, 5.41) is 2.97. The molecule has 0 spiro atoms. The lowest BCUT2D eigenvalue weighted by molar-refractivity contribution is -0.139. The Hall–Kier alpha value is -3.12. The Morgan fingerprint density at radius 2 is 1.53 bits per heavy atom. The van der Waals surface area contributed by atoms with Crippen LogP contribution in [0.25, 0.3) is 0 Å². The third kappa shape index (κ3) is 7.73. The molecule has 6 heteroatoms. The maximum absolute atomic E-state index is 14.0. The van der Waals surface area contributed by atoms with Crippen LogP contribution in [-0.2, 0) is 28.3 Å². The van der Waals surface area contributed by atoms with Gasteiger partial charge in [-0.2, -0.15) is 0 Å². The number of nitrogens with zero attached hydrogens (tertiary/aromatic N) is 1. The van der Waals surface area contributed by atoms with Crippen LogP contribution in [0, 0.1) is 5.82 Å². The van der Waals surface area contributed by atoms with Crippen molar-refractivity contribution in [1.82, 2.24) is 10.2 Å². The van der Waals surface area contributed by atoms with Crippen LogP contribution in [0.15, 0.2) is 84.9 Å². The summed E-state index contributed by atoms with van der Waals surface area (Å²) in [4.78, 5) is 28.4. The molecule has 3 aromatic rings. The molecule has 4 nitrogen and oxygen atoms in total. The summed E-state index contributed by atoms with van der Waals surface area (Å²) in [5.74, 6) is -0.0208. The van der Waals surface area contributed by atoms with E-state index < -0.39 is 6.04 Å². The van der Waals surface area contributed by atoms with Crippen molar-refractivity contribution in [3.63, 3.8) is 0 Å². The van der Waals surface area contributed by atoms with Gasteiger partial charge in [-0.25, -0.2) is 4.39 Å². The molecule has 0 fully saturated rings. The van der Waals surface area contributed by atoms with Crippen LogP contribution in [-0.4, -0.2) is 35.1 Å².